The third kappa shape index (κ3) is 2.40. The second kappa shape index (κ2) is 4.90. The van der Waals surface area contributed by atoms with Crippen LogP contribution in [0.5, 0.6) is 0 Å². The van der Waals surface area contributed by atoms with Crippen molar-refractivity contribution in [1.82, 2.24) is 15.2 Å². The van der Waals surface area contributed by atoms with E-state index >= 15 is 0 Å². The first-order valence-corrected chi connectivity index (χ1v) is 7.08. The molecule has 0 radical (unpaired) electrons. The van der Waals surface area contributed by atoms with E-state index in [-0.39, 0.29) is 5.91 Å². The van der Waals surface area contributed by atoms with Gasteiger partial charge in [-0.15, -0.1) is 10.2 Å². The molecule has 96 valence electrons. The van der Waals surface area contributed by atoms with Gasteiger partial charge in [-0.2, -0.15) is 0 Å². The minimum Gasteiger partial charge on any atom is -0.363 e. The first-order valence-electron chi connectivity index (χ1n) is 5.44. The molecule has 2 N–H and O–H groups in total. The molecule has 19 heavy (non-hydrogen) atoms. The summed E-state index contributed by atoms with van der Waals surface area (Å²) in [6.45, 7) is 0. The first kappa shape index (κ1) is 12.0. The maximum Gasteiger partial charge on any atom is 0.288 e. The molecular weight excluding hydrogens is 282 g/mol. The van der Waals surface area contributed by atoms with Crippen LogP contribution in [-0.4, -0.2) is 28.1 Å². The van der Waals surface area contributed by atoms with Gasteiger partial charge in [-0.1, -0.05) is 34.8 Å². The number of amides is 1. The molecule has 3 aromatic rings. The molecule has 6 nitrogen and oxygen atoms in total. The second-order valence-corrected chi connectivity index (χ2v) is 5.61. The van der Waals surface area contributed by atoms with Crippen LogP contribution in [0.3, 0.4) is 0 Å². The minimum atomic E-state index is -0.293. The Morgan fingerprint density at radius 2 is 2.00 bits per heavy atom. The van der Waals surface area contributed by atoms with Crippen molar-refractivity contribution in [3.05, 3.63) is 29.3 Å². The Kier molecular flexibility index (Phi) is 3.10. The van der Waals surface area contributed by atoms with Crippen LogP contribution >= 0.6 is 22.7 Å². The van der Waals surface area contributed by atoms with Crippen molar-refractivity contribution in [3.63, 3.8) is 0 Å². The van der Waals surface area contributed by atoms with E-state index in [0.29, 0.717) is 15.3 Å². The lowest BCUT2D eigenvalue weighted by Crippen LogP contribution is -2.11. The van der Waals surface area contributed by atoms with Crippen molar-refractivity contribution >= 4 is 49.1 Å². The molecule has 0 aliphatic rings. The number of hydrogen-bond acceptors (Lipinski definition) is 7. The van der Waals surface area contributed by atoms with Crippen molar-refractivity contribution in [3.8, 4) is 0 Å². The van der Waals surface area contributed by atoms with Crippen molar-refractivity contribution < 1.29 is 4.79 Å². The van der Waals surface area contributed by atoms with Gasteiger partial charge < -0.3 is 5.32 Å². The van der Waals surface area contributed by atoms with Crippen molar-refractivity contribution in [2.75, 3.05) is 17.7 Å². The molecule has 3 rings (SSSR count). The van der Waals surface area contributed by atoms with Gasteiger partial charge in [0, 0.05) is 7.05 Å². The summed E-state index contributed by atoms with van der Waals surface area (Å²) in [5.74, 6) is -0.293. The standard InChI is InChI=1S/C11H9N5OS2/c1-12-10-16-15-9(19-10)8(17)14-11-13-6-4-2-3-5-7(6)18-11/h2-5H,1H3,(H,12,16)(H,13,14,17). The largest absolute Gasteiger partial charge is 0.363 e. The molecule has 0 saturated heterocycles. The number of fused-ring (bicyclic) bond motifs is 1. The summed E-state index contributed by atoms with van der Waals surface area (Å²) in [7, 11) is 1.73. The Morgan fingerprint density at radius 3 is 2.74 bits per heavy atom. The molecule has 8 heteroatoms. The van der Waals surface area contributed by atoms with E-state index in [9.17, 15) is 4.79 Å². The number of rotatable bonds is 3. The van der Waals surface area contributed by atoms with Crippen LogP contribution in [0.1, 0.15) is 9.80 Å². The number of benzene rings is 1. The van der Waals surface area contributed by atoms with E-state index in [1.54, 1.807) is 7.05 Å². The molecule has 1 amide bonds. The number of carbonyl (C=O) groups is 1. The van der Waals surface area contributed by atoms with Crippen LogP contribution < -0.4 is 10.6 Å². The van der Waals surface area contributed by atoms with Crippen LogP contribution in [-0.2, 0) is 0 Å². The predicted molar refractivity (Wildman–Crippen MR) is 77.0 cm³/mol. The molecule has 0 atom stereocenters. The molecule has 2 aromatic heterocycles. The SMILES string of the molecule is CNc1nnc(C(=O)Nc2nc3ccccc3s2)s1. The van der Waals surface area contributed by atoms with Gasteiger partial charge in [0.25, 0.3) is 5.91 Å². The molecule has 0 aliphatic carbocycles. The van der Waals surface area contributed by atoms with Crippen molar-refractivity contribution in [1.29, 1.82) is 0 Å². The summed E-state index contributed by atoms with van der Waals surface area (Å²) < 4.78 is 1.03. The normalized spacial score (nSPS) is 10.6. The van der Waals surface area contributed by atoms with E-state index in [4.69, 9.17) is 0 Å². The maximum absolute atomic E-state index is 12.0. The topological polar surface area (TPSA) is 79.8 Å². The Labute approximate surface area is 116 Å². The summed E-state index contributed by atoms with van der Waals surface area (Å²) in [6, 6.07) is 7.73. The van der Waals surface area contributed by atoms with Crippen LogP contribution in [0.15, 0.2) is 24.3 Å². The molecule has 0 spiro atoms. The zero-order valence-electron chi connectivity index (χ0n) is 9.88. The highest BCUT2D eigenvalue weighted by Gasteiger charge is 2.14. The highest BCUT2D eigenvalue weighted by molar-refractivity contribution is 7.22. The molecule has 2 heterocycles. The van der Waals surface area contributed by atoms with Crippen molar-refractivity contribution in [2.45, 2.75) is 0 Å². The zero-order valence-corrected chi connectivity index (χ0v) is 11.5. The molecule has 1 aromatic carbocycles. The number of hydrogen-bond donors (Lipinski definition) is 2. The van der Waals surface area contributed by atoms with E-state index in [1.807, 2.05) is 24.3 Å². The second-order valence-electron chi connectivity index (χ2n) is 3.60. The first-order chi connectivity index (χ1) is 9.26. The number of anilines is 2. The Morgan fingerprint density at radius 1 is 1.16 bits per heavy atom. The van der Waals surface area contributed by atoms with Gasteiger partial charge in [0.2, 0.25) is 10.1 Å². The number of carbonyl (C=O) groups excluding carboxylic acids is 1. The van der Waals surface area contributed by atoms with Gasteiger partial charge in [0.1, 0.15) is 0 Å². The highest BCUT2D eigenvalue weighted by atomic mass is 32.1. The average Bonchev–Trinajstić information content (AvgIpc) is 3.04. The maximum atomic E-state index is 12.0. The van der Waals surface area contributed by atoms with E-state index in [1.165, 1.54) is 22.7 Å². The van der Waals surface area contributed by atoms with Gasteiger partial charge in [-0.3, -0.25) is 10.1 Å². The lowest BCUT2D eigenvalue weighted by Gasteiger charge is -1.95. The number of para-hydroxylation sites is 1. The summed E-state index contributed by atoms with van der Waals surface area (Å²) in [6.07, 6.45) is 0. The molecule has 0 aliphatic heterocycles. The number of nitrogens with one attached hydrogen (secondary N) is 2. The Hall–Kier alpha value is -2.06. The third-order valence-electron chi connectivity index (χ3n) is 2.35. The summed E-state index contributed by atoms with van der Waals surface area (Å²) in [5.41, 5.74) is 0.871. The number of aromatic nitrogens is 3. The van der Waals surface area contributed by atoms with Crippen LogP contribution in [0.2, 0.25) is 0 Å². The fourth-order valence-electron chi connectivity index (χ4n) is 1.49. The Balaban J connectivity index is 1.82. The lowest BCUT2D eigenvalue weighted by molar-refractivity contribution is 0.102. The van der Waals surface area contributed by atoms with Crippen LogP contribution in [0.25, 0.3) is 10.2 Å². The molecule has 0 bridgehead atoms. The molecule has 0 saturated carbocycles. The smallest absolute Gasteiger partial charge is 0.288 e. The van der Waals surface area contributed by atoms with Crippen molar-refractivity contribution in [2.24, 2.45) is 0 Å². The van der Waals surface area contributed by atoms with Gasteiger partial charge in [0.05, 0.1) is 10.2 Å². The fraction of sp³-hybridized carbons (Fsp3) is 0.0909. The minimum absolute atomic E-state index is 0.293. The predicted octanol–water partition coefficient (Wildman–Crippen LogP) is 2.44. The quantitative estimate of drug-likeness (QED) is 0.774. The van der Waals surface area contributed by atoms with Crippen LogP contribution in [0, 0.1) is 0 Å². The molecule has 0 unspecified atom stereocenters. The molecular formula is C11H9N5OS2. The van der Waals surface area contributed by atoms with Gasteiger partial charge in [0.15, 0.2) is 5.13 Å². The highest BCUT2D eigenvalue weighted by Crippen LogP contribution is 2.26. The van der Waals surface area contributed by atoms with Gasteiger partial charge >= 0.3 is 0 Å². The third-order valence-corrected chi connectivity index (χ3v) is 4.24. The monoisotopic (exact) mass is 291 g/mol. The summed E-state index contributed by atoms with van der Waals surface area (Å²) in [4.78, 5) is 16.3. The van der Waals surface area contributed by atoms with Gasteiger partial charge in [-0.05, 0) is 12.1 Å². The lowest BCUT2D eigenvalue weighted by atomic mass is 10.3. The van der Waals surface area contributed by atoms with E-state index in [2.05, 4.69) is 25.8 Å². The van der Waals surface area contributed by atoms with Crippen LogP contribution in [0.4, 0.5) is 10.3 Å². The van der Waals surface area contributed by atoms with E-state index in [0.717, 1.165) is 10.2 Å². The molecule has 0 fully saturated rings. The van der Waals surface area contributed by atoms with Gasteiger partial charge in [-0.25, -0.2) is 4.98 Å². The summed E-state index contributed by atoms with van der Waals surface area (Å²) >= 11 is 2.63. The Bertz CT molecular complexity index is 702. The number of thiazole rings is 1. The average molecular weight is 291 g/mol. The van der Waals surface area contributed by atoms with E-state index < -0.39 is 0 Å². The fourth-order valence-corrected chi connectivity index (χ4v) is 2.95. The summed E-state index contributed by atoms with van der Waals surface area (Å²) in [5, 5.41) is 14.7. The number of nitrogens with zero attached hydrogens (tertiary/aromatic N) is 3. The zero-order chi connectivity index (χ0) is 13.2.